The lowest BCUT2D eigenvalue weighted by Crippen LogP contribution is -2.12. The van der Waals surface area contributed by atoms with Crippen LogP contribution >= 0.6 is 0 Å². The van der Waals surface area contributed by atoms with E-state index < -0.39 is 29.2 Å². The molecule has 2 aromatic carbocycles. The fourth-order valence-corrected chi connectivity index (χ4v) is 2.11. The third kappa shape index (κ3) is 4.24. The standard InChI is InChI=1S/C17H11F5N4/c18-10-4-6-12(7-5-10)25-16-23-9-14(17(20,21)22)15(26-16)24-13-3-1-2-11(19)8-13/h1-9H,(H2,23,24,25,26). The molecule has 0 saturated heterocycles. The zero-order valence-electron chi connectivity index (χ0n) is 13.0. The van der Waals surface area contributed by atoms with E-state index in [-0.39, 0.29) is 11.6 Å². The zero-order chi connectivity index (χ0) is 18.7. The fourth-order valence-electron chi connectivity index (χ4n) is 2.11. The third-order valence-corrected chi connectivity index (χ3v) is 3.28. The molecule has 0 unspecified atom stereocenters. The van der Waals surface area contributed by atoms with Crippen LogP contribution in [-0.2, 0) is 6.18 Å². The van der Waals surface area contributed by atoms with E-state index in [1.54, 1.807) is 0 Å². The molecular weight excluding hydrogens is 355 g/mol. The predicted octanol–water partition coefficient (Wildman–Crippen LogP) is 5.26. The maximum absolute atomic E-state index is 13.3. The van der Waals surface area contributed by atoms with Crippen LogP contribution in [-0.4, -0.2) is 9.97 Å². The maximum Gasteiger partial charge on any atom is 0.421 e. The molecule has 1 aromatic heterocycles. The van der Waals surface area contributed by atoms with Crippen LogP contribution in [0, 0.1) is 11.6 Å². The minimum atomic E-state index is -4.70. The van der Waals surface area contributed by atoms with Crippen LogP contribution in [0.3, 0.4) is 0 Å². The van der Waals surface area contributed by atoms with Crippen molar-refractivity contribution in [3.63, 3.8) is 0 Å². The van der Waals surface area contributed by atoms with E-state index in [4.69, 9.17) is 0 Å². The van der Waals surface area contributed by atoms with Gasteiger partial charge in [-0.2, -0.15) is 18.2 Å². The van der Waals surface area contributed by atoms with Gasteiger partial charge in [-0.3, -0.25) is 0 Å². The summed E-state index contributed by atoms with van der Waals surface area (Å²) < 4.78 is 65.7. The SMILES string of the molecule is Fc1ccc(Nc2ncc(C(F)(F)F)c(Nc3cccc(F)c3)n2)cc1. The number of benzene rings is 2. The highest BCUT2D eigenvalue weighted by atomic mass is 19.4. The molecule has 4 nitrogen and oxygen atoms in total. The van der Waals surface area contributed by atoms with E-state index in [1.807, 2.05) is 0 Å². The number of rotatable bonds is 4. The van der Waals surface area contributed by atoms with E-state index in [9.17, 15) is 22.0 Å². The fraction of sp³-hybridized carbons (Fsp3) is 0.0588. The molecule has 2 N–H and O–H groups in total. The summed E-state index contributed by atoms with van der Waals surface area (Å²) in [6.45, 7) is 0. The molecule has 0 spiro atoms. The molecule has 0 radical (unpaired) electrons. The minimum Gasteiger partial charge on any atom is -0.339 e. The van der Waals surface area contributed by atoms with E-state index in [0.29, 0.717) is 11.9 Å². The lowest BCUT2D eigenvalue weighted by atomic mass is 10.2. The Morgan fingerprint density at radius 2 is 1.54 bits per heavy atom. The summed E-state index contributed by atoms with van der Waals surface area (Å²) in [7, 11) is 0. The van der Waals surface area contributed by atoms with E-state index in [2.05, 4.69) is 20.6 Å². The van der Waals surface area contributed by atoms with Crippen molar-refractivity contribution in [2.45, 2.75) is 6.18 Å². The average Bonchev–Trinajstić information content (AvgIpc) is 2.56. The lowest BCUT2D eigenvalue weighted by Gasteiger charge is -2.15. The summed E-state index contributed by atoms with van der Waals surface area (Å²) in [6, 6.07) is 10.1. The van der Waals surface area contributed by atoms with Crippen LogP contribution in [0.5, 0.6) is 0 Å². The number of hydrogen-bond acceptors (Lipinski definition) is 4. The Morgan fingerprint density at radius 3 is 2.19 bits per heavy atom. The van der Waals surface area contributed by atoms with Crippen molar-refractivity contribution in [2.24, 2.45) is 0 Å². The van der Waals surface area contributed by atoms with Gasteiger partial charge in [0.05, 0.1) is 0 Å². The van der Waals surface area contributed by atoms with Crippen LogP contribution in [0.2, 0.25) is 0 Å². The van der Waals surface area contributed by atoms with Crippen LogP contribution in [0.15, 0.2) is 54.7 Å². The van der Waals surface area contributed by atoms with Crippen molar-refractivity contribution in [3.8, 4) is 0 Å². The summed E-state index contributed by atoms with van der Waals surface area (Å²) in [5.41, 5.74) is -0.615. The van der Waals surface area contributed by atoms with Gasteiger partial charge in [0.15, 0.2) is 0 Å². The van der Waals surface area contributed by atoms with Crippen molar-refractivity contribution in [2.75, 3.05) is 10.6 Å². The molecule has 0 saturated carbocycles. The second-order valence-corrected chi connectivity index (χ2v) is 5.22. The van der Waals surface area contributed by atoms with Gasteiger partial charge >= 0.3 is 6.18 Å². The van der Waals surface area contributed by atoms with Gasteiger partial charge in [-0.25, -0.2) is 13.8 Å². The first-order chi connectivity index (χ1) is 12.3. The quantitative estimate of drug-likeness (QED) is 0.619. The first kappa shape index (κ1) is 17.6. The van der Waals surface area contributed by atoms with Crippen LogP contribution in [0.25, 0.3) is 0 Å². The van der Waals surface area contributed by atoms with Crippen molar-refractivity contribution in [1.82, 2.24) is 9.97 Å². The topological polar surface area (TPSA) is 49.8 Å². The third-order valence-electron chi connectivity index (χ3n) is 3.28. The smallest absolute Gasteiger partial charge is 0.339 e. The summed E-state index contributed by atoms with van der Waals surface area (Å²) in [5.74, 6) is -1.74. The largest absolute Gasteiger partial charge is 0.421 e. The Hall–Kier alpha value is -3.23. The predicted molar refractivity (Wildman–Crippen MR) is 86.4 cm³/mol. The van der Waals surface area contributed by atoms with Crippen LogP contribution in [0.4, 0.5) is 45.1 Å². The second kappa shape index (κ2) is 6.95. The highest BCUT2D eigenvalue weighted by Gasteiger charge is 2.35. The van der Waals surface area contributed by atoms with Gasteiger partial charge in [-0.1, -0.05) is 6.07 Å². The lowest BCUT2D eigenvalue weighted by molar-refractivity contribution is -0.137. The molecule has 1 heterocycles. The molecule has 3 rings (SSSR count). The summed E-state index contributed by atoms with van der Waals surface area (Å²) in [4.78, 5) is 7.44. The number of halogens is 5. The van der Waals surface area contributed by atoms with Crippen molar-refractivity contribution in [3.05, 3.63) is 71.9 Å². The second-order valence-electron chi connectivity index (χ2n) is 5.22. The van der Waals surface area contributed by atoms with Crippen molar-refractivity contribution >= 4 is 23.1 Å². The van der Waals surface area contributed by atoms with Gasteiger partial charge in [-0.15, -0.1) is 0 Å². The molecule has 0 amide bonds. The van der Waals surface area contributed by atoms with Gasteiger partial charge in [0, 0.05) is 17.6 Å². The number of nitrogens with one attached hydrogen (secondary N) is 2. The van der Waals surface area contributed by atoms with E-state index >= 15 is 0 Å². The molecule has 0 bridgehead atoms. The van der Waals surface area contributed by atoms with Gasteiger partial charge in [0.2, 0.25) is 5.95 Å². The minimum absolute atomic E-state index is 0.0990. The van der Waals surface area contributed by atoms with Crippen LogP contribution < -0.4 is 10.6 Å². The molecular formula is C17H11F5N4. The maximum atomic E-state index is 13.3. The van der Waals surface area contributed by atoms with E-state index in [0.717, 1.165) is 12.1 Å². The molecule has 26 heavy (non-hydrogen) atoms. The zero-order valence-corrected chi connectivity index (χ0v) is 13.0. The Labute approximate surface area is 144 Å². The molecule has 0 atom stereocenters. The van der Waals surface area contributed by atoms with Crippen LogP contribution in [0.1, 0.15) is 5.56 Å². The van der Waals surface area contributed by atoms with E-state index in [1.165, 1.54) is 36.4 Å². The molecule has 134 valence electrons. The molecule has 0 aliphatic rings. The van der Waals surface area contributed by atoms with Crippen molar-refractivity contribution < 1.29 is 22.0 Å². The Balaban J connectivity index is 1.94. The Morgan fingerprint density at radius 1 is 0.808 bits per heavy atom. The van der Waals surface area contributed by atoms with Gasteiger partial charge in [-0.05, 0) is 42.5 Å². The molecule has 0 aliphatic heterocycles. The molecule has 0 aliphatic carbocycles. The highest BCUT2D eigenvalue weighted by molar-refractivity contribution is 5.62. The van der Waals surface area contributed by atoms with Crippen molar-refractivity contribution in [1.29, 1.82) is 0 Å². The Kier molecular flexibility index (Phi) is 4.70. The number of nitrogens with zero attached hydrogens (tertiary/aromatic N) is 2. The summed E-state index contributed by atoms with van der Waals surface area (Å²) >= 11 is 0. The monoisotopic (exact) mass is 366 g/mol. The summed E-state index contributed by atoms with van der Waals surface area (Å²) in [5, 5.41) is 5.12. The molecule has 9 heteroatoms. The number of alkyl halides is 3. The number of hydrogen-bond donors (Lipinski definition) is 2. The molecule has 3 aromatic rings. The first-order valence-corrected chi connectivity index (χ1v) is 7.31. The molecule has 0 fully saturated rings. The number of anilines is 4. The average molecular weight is 366 g/mol. The van der Waals surface area contributed by atoms with Gasteiger partial charge in [0.1, 0.15) is 23.0 Å². The number of aromatic nitrogens is 2. The summed E-state index contributed by atoms with van der Waals surface area (Å²) in [6.07, 6.45) is -4.09. The highest BCUT2D eigenvalue weighted by Crippen LogP contribution is 2.35. The normalized spacial score (nSPS) is 11.3. The van der Waals surface area contributed by atoms with Gasteiger partial charge < -0.3 is 10.6 Å². The van der Waals surface area contributed by atoms with Gasteiger partial charge in [0.25, 0.3) is 0 Å². The first-order valence-electron chi connectivity index (χ1n) is 7.31. The Bertz CT molecular complexity index is 910.